The molecule has 8 nitrogen and oxygen atoms in total. The number of hydrogen-bond donors (Lipinski definition) is 4. The number of benzene rings is 1. The molecule has 10 heteroatoms. The molecular weight excluding hydrogens is 434 g/mol. The first-order valence-corrected chi connectivity index (χ1v) is 10.9. The summed E-state index contributed by atoms with van der Waals surface area (Å²) in [6, 6.07) is 6.48. The Hall–Kier alpha value is -1.75. The summed E-state index contributed by atoms with van der Waals surface area (Å²) in [5.41, 5.74) is 0.710. The lowest BCUT2D eigenvalue weighted by atomic mass is 10.2. The van der Waals surface area contributed by atoms with Gasteiger partial charge in [-0.25, -0.2) is 14.0 Å². The van der Waals surface area contributed by atoms with Crippen LogP contribution in [-0.2, 0) is 14.5 Å². The number of halogens is 1. The van der Waals surface area contributed by atoms with Crippen molar-refractivity contribution in [3.05, 3.63) is 34.9 Å². The molecule has 2 aromatic rings. The first kappa shape index (κ1) is 21.5. The molecule has 0 saturated heterocycles. The van der Waals surface area contributed by atoms with E-state index in [9.17, 15) is 9.32 Å². The van der Waals surface area contributed by atoms with E-state index in [4.69, 9.17) is 9.52 Å². The molecule has 0 saturated carbocycles. The van der Waals surface area contributed by atoms with Gasteiger partial charge in [-0.05, 0) is 47.1 Å². The minimum absolute atomic E-state index is 0.274. The molecule has 0 spiro atoms. The summed E-state index contributed by atoms with van der Waals surface area (Å²) in [5, 5.41) is 16.1. The molecule has 1 aromatic heterocycles. The second-order valence-electron chi connectivity index (χ2n) is 5.95. The van der Waals surface area contributed by atoms with E-state index in [-0.39, 0.29) is 11.8 Å². The molecule has 0 bridgehead atoms. The molecule has 3 atom stereocenters. The van der Waals surface area contributed by atoms with Crippen LogP contribution in [0.4, 0.5) is 17.5 Å². The lowest BCUT2D eigenvalue weighted by Gasteiger charge is -2.22. The van der Waals surface area contributed by atoms with Gasteiger partial charge in [0.15, 0.2) is 0 Å². The summed E-state index contributed by atoms with van der Waals surface area (Å²) < 4.78 is 25.7. The fourth-order valence-electron chi connectivity index (χ4n) is 2.24. The fourth-order valence-corrected chi connectivity index (χ4v) is 3.45. The smallest absolute Gasteiger partial charge is 0.229 e. The normalized spacial score (nSPS) is 15.6. The van der Waals surface area contributed by atoms with Crippen LogP contribution in [0.1, 0.15) is 13.8 Å². The summed E-state index contributed by atoms with van der Waals surface area (Å²) in [7, 11) is -1.17. The average molecular weight is 458 g/mol. The number of rotatable bonds is 9. The minimum atomic E-state index is -2.74. The Morgan fingerprint density at radius 3 is 2.59 bits per heavy atom. The molecule has 27 heavy (non-hydrogen) atoms. The summed E-state index contributed by atoms with van der Waals surface area (Å²) in [5.74, 6) is 1.15. The number of aliphatic hydroxyl groups is 1. The topological polar surface area (TPSA) is 120 Å². The van der Waals surface area contributed by atoms with E-state index in [1.807, 2.05) is 0 Å². The number of aliphatic hydroxyl groups excluding tert-OH is 1. The summed E-state index contributed by atoms with van der Waals surface area (Å²) in [6.07, 6.45) is 0.972. The Morgan fingerprint density at radius 1 is 1.37 bits per heavy atom. The molecule has 0 aliphatic carbocycles. The number of aromatic nitrogens is 2. The first-order valence-electron chi connectivity index (χ1n) is 8.36. The number of nitrogens with one attached hydrogen (secondary N) is 3. The Balaban J connectivity index is 2.18. The second-order valence-corrected chi connectivity index (χ2v) is 9.20. The maximum absolute atomic E-state index is 12.1. The highest BCUT2D eigenvalue weighted by Gasteiger charge is 2.17. The molecule has 0 amide bonds. The molecule has 1 aromatic carbocycles. The molecule has 0 aliphatic rings. The van der Waals surface area contributed by atoms with Crippen molar-refractivity contribution < 1.29 is 14.1 Å². The maximum atomic E-state index is 12.1. The van der Waals surface area contributed by atoms with E-state index in [2.05, 4.69) is 36.5 Å². The first-order chi connectivity index (χ1) is 12.8. The molecule has 1 heterocycles. The lowest BCUT2D eigenvalue weighted by molar-refractivity contribution is 0.106. The number of methoxy groups -OCH3 is 1. The van der Waals surface area contributed by atoms with Gasteiger partial charge in [-0.3, -0.25) is 0 Å². The van der Waals surface area contributed by atoms with E-state index in [0.29, 0.717) is 33.4 Å². The summed E-state index contributed by atoms with van der Waals surface area (Å²) in [4.78, 5) is 9.14. The van der Waals surface area contributed by atoms with Gasteiger partial charge in [0.1, 0.15) is 5.82 Å². The van der Waals surface area contributed by atoms with Gasteiger partial charge >= 0.3 is 0 Å². The number of anilines is 3. The van der Waals surface area contributed by atoms with Crippen LogP contribution in [0.3, 0.4) is 0 Å². The van der Waals surface area contributed by atoms with Crippen LogP contribution >= 0.6 is 15.9 Å². The van der Waals surface area contributed by atoms with E-state index < -0.39 is 15.8 Å². The van der Waals surface area contributed by atoms with Gasteiger partial charge in [0.2, 0.25) is 5.95 Å². The van der Waals surface area contributed by atoms with Crippen molar-refractivity contribution in [2.24, 2.45) is 0 Å². The fraction of sp³-hybridized carbons (Fsp3) is 0.412. The number of nitrogens with zero attached hydrogens (tertiary/aromatic N) is 2. The van der Waals surface area contributed by atoms with Crippen LogP contribution in [0, 0.1) is 4.78 Å². The van der Waals surface area contributed by atoms with E-state index in [1.54, 1.807) is 51.4 Å². The highest BCUT2D eigenvalue weighted by molar-refractivity contribution is 9.10. The van der Waals surface area contributed by atoms with Crippen LogP contribution in [0.2, 0.25) is 0 Å². The van der Waals surface area contributed by atoms with Gasteiger partial charge < -0.3 is 20.5 Å². The van der Waals surface area contributed by atoms with Crippen molar-refractivity contribution in [2.45, 2.75) is 30.9 Å². The Kier molecular flexibility index (Phi) is 7.54. The number of hydrogen-bond acceptors (Lipinski definition) is 8. The molecule has 2 rings (SSSR count). The standard InChI is InChI=1S/C17H24BrN5O3S/c1-4-27(19,25)13-7-5-12(6-8-13)21-17-20-9-14(18)16(23-17)22-15(10-26-3)11(2)24/h5-9,11,15,19,24H,4,10H2,1-3H3,(H2,20,21,22,23)/t11-,15-,27?/m1/s1. The molecular formula is C17H24BrN5O3S. The van der Waals surface area contributed by atoms with Crippen LogP contribution in [-0.4, -0.2) is 50.9 Å². The Morgan fingerprint density at radius 2 is 2.04 bits per heavy atom. The zero-order chi connectivity index (χ0) is 20.0. The molecule has 148 valence electrons. The summed E-state index contributed by atoms with van der Waals surface area (Å²) in [6.45, 7) is 3.73. The highest BCUT2D eigenvalue weighted by Crippen LogP contribution is 2.24. The van der Waals surface area contributed by atoms with Crippen molar-refractivity contribution >= 4 is 43.1 Å². The van der Waals surface area contributed by atoms with Crippen LogP contribution < -0.4 is 10.6 Å². The zero-order valence-electron chi connectivity index (χ0n) is 15.4. The molecule has 0 aliphatic heterocycles. The van der Waals surface area contributed by atoms with Gasteiger partial charge in [-0.15, -0.1) is 0 Å². The Bertz CT molecular complexity index is 859. The largest absolute Gasteiger partial charge is 0.391 e. The molecule has 0 fully saturated rings. The van der Waals surface area contributed by atoms with Crippen LogP contribution in [0.25, 0.3) is 0 Å². The van der Waals surface area contributed by atoms with Crippen molar-refractivity contribution in [1.29, 1.82) is 4.78 Å². The third-order valence-corrected chi connectivity index (χ3v) is 6.32. The van der Waals surface area contributed by atoms with Crippen molar-refractivity contribution in [3.8, 4) is 0 Å². The van der Waals surface area contributed by atoms with Gasteiger partial charge in [0.25, 0.3) is 0 Å². The average Bonchev–Trinajstić information content (AvgIpc) is 2.64. The third kappa shape index (κ3) is 5.86. The molecule has 0 radical (unpaired) electrons. The minimum Gasteiger partial charge on any atom is -0.391 e. The van der Waals surface area contributed by atoms with Crippen LogP contribution in [0.5, 0.6) is 0 Å². The van der Waals surface area contributed by atoms with Gasteiger partial charge in [0, 0.05) is 29.6 Å². The van der Waals surface area contributed by atoms with Gasteiger partial charge in [0.05, 0.1) is 33.0 Å². The van der Waals surface area contributed by atoms with E-state index in [1.165, 1.54) is 0 Å². The highest BCUT2D eigenvalue weighted by atomic mass is 79.9. The molecule has 4 N–H and O–H groups in total. The van der Waals surface area contributed by atoms with E-state index in [0.717, 1.165) is 0 Å². The second kappa shape index (κ2) is 9.45. The monoisotopic (exact) mass is 457 g/mol. The van der Waals surface area contributed by atoms with Crippen molar-refractivity contribution in [2.75, 3.05) is 30.1 Å². The summed E-state index contributed by atoms with van der Waals surface area (Å²) >= 11 is 3.39. The Labute approximate surface area is 167 Å². The number of ether oxygens (including phenoxy) is 1. The van der Waals surface area contributed by atoms with Crippen LogP contribution in [0.15, 0.2) is 39.8 Å². The van der Waals surface area contributed by atoms with Crippen molar-refractivity contribution in [1.82, 2.24) is 9.97 Å². The third-order valence-electron chi connectivity index (χ3n) is 3.89. The van der Waals surface area contributed by atoms with E-state index >= 15 is 0 Å². The van der Waals surface area contributed by atoms with Gasteiger partial charge in [-0.2, -0.15) is 4.98 Å². The zero-order valence-corrected chi connectivity index (χ0v) is 17.8. The van der Waals surface area contributed by atoms with Crippen molar-refractivity contribution in [3.63, 3.8) is 0 Å². The maximum Gasteiger partial charge on any atom is 0.229 e. The van der Waals surface area contributed by atoms with Gasteiger partial charge in [-0.1, -0.05) is 6.92 Å². The molecule has 1 unspecified atom stereocenters. The lowest BCUT2D eigenvalue weighted by Crippen LogP contribution is -2.36. The predicted octanol–water partition coefficient (Wildman–Crippen LogP) is 3.22. The predicted molar refractivity (Wildman–Crippen MR) is 110 cm³/mol. The quantitative estimate of drug-likeness (QED) is 0.456. The SMILES string of the molecule is CCS(=N)(=O)c1ccc(Nc2ncc(Br)c(N[C@H](COC)[C@@H](C)O)n2)cc1.